The van der Waals surface area contributed by atoms with Gasteiger partial charge in [0.2, 0.25) is 0 Å². The van der Waals surface area contributed by atoms with Crippen molar-refractivity contribution in [3.05, 3.63) is 70.7 Å². The van der Waals surface area contributed by atoms with Crippen LogP contribution < -0.4 is 5.32 Å². The number of benzene rings is 1. The number of nitrogens with one attached hydrogen (secondary N) is 1. The highest BCUT2D eigenvalue weighted by Crippen LogP contribution is 2.29. The van der Waals surface area contributed by atoms with E-state index in [1.54, 1.807) is 6.20 Å². The summed E-state index contributed by atoms with van der Waals surface area (Å²) < 4.78 is 0. The fourth-order valence-corrected chi connectivity index (χ4v) is 4.09. The first-order valence-corrected chi connectivity index (χ1v) is 9.61. The molecule has 0 aliphatic heterocycles. The molecule has 0 bridgehead atoms. The van der Waals surface area contributed by atoms with Crippen LogP contribution in [0, 0.1) is 6.92 Å². The molecule has 0 fully saturated rings. The lowest BCUT2D eigenvalue weighted by atomic mass is 10.2. The van der Waals surface area contributed by atoms with E-state index in [2.05, 4.69) is 20.3 Å². The van der Waals surface area contributed by atoms with Gasteiger partial charge in [-0.25, -0.2) is 9.97 Å². The zero-order chi connectivity index (χ0) is 17.9. The van der Waals surface area contributed by atoms with E-state index in [4.69, 9.17) is 0 Å². The molecule has 0 aliphatic rings. The van der Waals surface area contributed by atoms with E-state index in [1.807, 2.05) is 60.8 Å². The van der Waals surface area contributed by atoms with E-state index >= 15 is 0 Å². The lowest BCUT2D eigenvalue weighted by molar-refractivity contribution is 0.103. The van der Waals surface area contributed by atoms with Crippen LogP contribution in [0.5, 0.6) is 0 Å². The molecule has 0 atom stereocenters. The molecule has 7 heteroatoms. The molecule has 0 saturated carbocycles. The summed E-state index contributed by atoms with van der Waals surface area (Å²) in [7, 11) is 0. The van der Waals surface area contributed by atoms with Gasteiger partial charge in [0.15, 0.2) is 5.13 Å². The number of aryl methyl sites for hydroxylation is 1. The van der Waals surface area contributed by atoms with Crippen LogP contribution in [0.1, 0.15) is 15.4 Å². The van der Waals surface area contributed by atoms with Crippen molar-refractivity contribution in [1.82, 2.24) is 15.0 Å². The number of anilines is 1. The molecular formula is C19H14N4OS2. The number of aromatic nitrogens is 3. The summed E-state index contributed by atoms with van der Waals surface area (Å²) in [5.74, 6) is -0.191. The van der Waals surface area contributed by atoms with E-state index in [0.717, 1.165) is 22.0 Å². The average Bonchev–Trinajstić information content (AvgIpc) is 3.30. The summed E-state index contributed by atoms with van der Waals surface area (Å²) >= 11 is 2.76. The number of nitrogens with zero attached hydrogens (tertiary/aromatic N) is 3. The standard InChI is InChI=1S/C19H14N4OS2/c1-12-16(26-18(21-12)13-7-3-2-4-8-13)17(24)23-19-22-15(11-25-19)14-9-5-6-10-20-14/h2-11H,1H3,(H,22,23,24). The Hall–Kier alpha value is -2.90. The van der Waals surface area contributed by atoms with Gasteiger partial charge < -0.3 is 0 Å². The molecule has 26 heavy (non-hydrogen) atoms. The Labute approximate surface area is 158 Å². The molecule has 1 aromatic carbocycles. The van der Waals surface area contributed by atoms with Crippen LogP contribution >= 0.6 is 22.7 Å². The molecular weight excluding hydrogens is 364 g/mol. The quantitative estimate of drug-likeness (QED) is 0.549. The van der Waals surface area contributed by atoms with Crippen molar-refractivity contribution < 1.29 is 4.79 Å². The fourth-order valence-electron chi connectivity index (χ4n) is 2.43. The maximum atomic E-state index is 12.6. The predicted octanol–water partition coefficient (Wildman–Crippen LogP) is 4.89. The highest BCUT2D eigenvalue weighted by molar-refractivity contribution is 7.17. The highest BCUT2D eigenvalue weighted by Gasteiger charge is 2.17. The minimum atomic E-state index is -0.191. The Bertz CT molecular complexity index is 1040. The molecule has 0 radical (unpaired) electrons. The Morgan fingerprint density at radius 2 is 1.81 bits per heavy atom. The number of carbonyl (C=O) groups is 1. The molecule has 4 aromatic rings. The Kier molecular flexibility index (Phi) is 4.55. The largest absolute Gasteiger partial charge is 0.297 e. The minimum absolute atomic E-state index is 0.191. The number of rotatable bonds is 4. The van der Waals surface area contributed by atoms with Gasteiger partial charge >= 0.3 is 0 Å². The average molecular weight is 378 g/mol. The number of amides is 1. The second-order valence-electron chi connectivity index (χ2n) is 5.51. The van der Waals surface area contributed by atoms with Gasteiger partial charge in [-0.3, -0.25) is 15.1 Å². The van der Waals surface area contributed by atoms with Crippen molar-refractivity contribution in [1.29, 1.82) is 0 Å². The van der Waals surface area contributed by atoms with E-state index < -0.39 is 0 Å². The van der Waals surface area contributed by atoms with Crippen LogP contribution in [0.3, 0.4) is 0 Å². The van der Waals surface area contributed by atoms with Gasteiger partial charge in [0.25, 0.3) is 5.91 Å². The third-order valence-corrected chi connectivity index (χ3v) is 5.64. The first kappa shape index (κ1) is 16.6. The highest BCUT2D eigenvalue weighted by atomic mass is 32.1. The Balaban J connectivity index is 1.54. The number of carbonyl (C=O) groups excluding carboxylic acids is 1. The zero-order valence-electron chi connectivity index (χ0n) is 13.8. The van der Waals surface area contributed by atoms with E-state index in [0.29, 0.717) is 15.7 Å². The molecule has 5 nitrogen and oxygen atoms in total. The summed E-state index contributed by atoms with van der Waals surface area (Å²) in [6, 6.07) is 15.5. The van der Waals surface area contributed by atoms with Gasteiger partial charge in [0, 0.05) is 17.1 Å². The third kappa shape index (κ3) is 3.40. The number of hydrogen-bond donors (Lipinski definition) is 1. The van der Waals surface area contributed by atoms with E-state index in [-0.39, 0.29) is 5.91 Å². The molecule has 3 heterocycles. The predicted molar refractivity (Wildman–Crippen MR) is 106 cm³/mol. The van der Waals surface area contributed by atoms with Crippen molar-refractivity contribution in [3.63, 3.8) is 0 Å². The SMILES string of the molecule is Cc1nc(-c2ccccc2)sc1C(=O)Nc1nc(-c2ccccn2)cs1. The second-order valence-corrected chi connectivity index (χ2v) is 7.36. The van der Waals surface area contributed by atoms with Crippen LogP contribution in [-0.2, 0) is 0 Å². The lowest BCUT2D eigenvalue weighted by Crippen LogP contribution is -2.11. The molecule has 128 valence electrons. The number of thiazole rings is 2. The number of pyridine rings is 1. The maximum Gasteiger partial charge on any atom is 0.269 e. The first-order chi connectivity index (χ1) is 12.7. The van der Waals surface area contributed by atoms with Gasteiger partial charge in [-0.05, 0) is 19.1 Å². The van der Waals surface area contributed by atoms with Crippen molar-refractivity contribution in [2.45, 2.75) is 6.92 Å². The molecule has 0 saturated heterocycles. The lowest BCUT2D eigenvalue weighted by Gasteiger charge is -1.99. The van der Waals surface area contributed by atoms with Crippen molar-refractivity contribution in [3.8, 4) is 22.0 Å². The molecule has 0 aliphatic carbocycles. The second kappa shape index (κ2) is 7.15. The first-order valence-electron chi connectivity index (χ1n) is 7.92. The molecule has 4 rings (SSSR count). The Morgan fingerprint density at radius 1 is 1.00 bits per heavy atom. The van der Waals surface area contributed by atoms with Crippen LogP contribution in [0.4, 0.5) is 5.13 Å². The zero-order valence-corrected chi connectivity index (χ0v) is 15.5. The van der Waals surface area contributed by atoms with Crippen LogP contribution in [0.25, 0.3) is 22.0 Å². The smallest absolute Gasteiger partial charge is 0.269 e. The van der Waals surface area contributed by atoms with Crippen molar-refractivity contribution >= 4 is 33.7 Å². The molecule has 0 spiro atoms. The fraction of sp³-hybridized carbons (Fsp3) is 0.0526. The monoisotopic (exact) mass is 378 g/mol. The molecule has 3 aromatic heterocycles. The van der Waals surface area contributed by atoms with Crippen LogP contribution in [-0.4, -0.2) is 20.9 Å². The van der Waals surface area contributed by atoms with Crippen LogP contribution in [0.15, 0.2) is 60.1 Å². The summed E-state index contributed by atoms with van der Waals surface area (Å²) in [6.07, 6.45) is 1.72. The summed E-state index contributed by atoms with van der Waals surface area (Å²) in [6.45, 7) is 1.85. The van der Waals surface area contributed by atoms with Crippen molar-refractivity contribution in [2.24, 2.45) is 0 Å². The number of hydrogen-bond acceptors (Lipinski definition) is 6. The van der Waals surface area contributed by atoms with Gasteiger partial charge in [-0.2, -0.15) is 0 Å². The van der Waals surface area contributed by atoms with E-state index in [9.17, 15) is 4.79 Å². The van der Waals surface area contributed by atoms with Crippen molar-refractivity contribution in [2.75, 3.05) is 5.32 Å². The summed E-state index contributed by atoms with van der Waals surface area (Å²) in [5, 5.41) is 6.13. The van der Waals surface area contributed by atoms with E-state index in [1.165, 1.54) is 22.7 Å². The van der Waals surface area contributed by atoms with Crippen LogP contribution in [0.2, 0.25) is 0 Å². The maximum absolute atomic E-state index is 12.6. The third-order valence-electron chi connectivity index (χ3n) is 3.68. The Morgan fingerprint density at radius 3 is 2.58 bits per heavy atom. The summed E-state index contributed by atoms with van der Waals surface area (Å²) in [5.41, 5.74) is 3.25. The minimum Gasteiger partial charge on any atom is -0.297 e. The topological polar surface area (TPSA) is 67.8 Å². The summed E-state index contributed by atoms with van der Waals surface area (Å²) in [4.78, 5) is 26.5. The normalized spacial score (nSPS) is 10.7. The van der Waals surface area contributed by atoms with Gasteiger partial charge in [0.05, 0.1) is 11.4 Å². The molecule has 1 amide bonds. The van der Waals surface area contributed by atoms with Gasteiger partial charge in [-0.1, -0.05) is 36.4 Å². The van der Waals surface area contributed by atoms with Gasteiger partial charge in [-0.15, -0.1) is 22.7 Å². The van der Waals surface area contributed by atoms with Gasteiger partial charge in [0.1, 0.15) is 15.6 Å². The molecule has 1 N–H and O–H groups in total. The molecule has 0 unspecified atom stereocenters.